The number of aryl methyl sites for hydroxylation is 1. The zero-order valence-electron chi connectivity index (χ0n) is 9.92. The molecular weight excluding hydrogens is 284 g/mol. The molecule has 1 amide bonds. The predicted octanol–water partition coefficient (Wildman–Crippen LogP) is 3.00. The van der Waals surface area contributed by atoms with Crippen LogP contribution in [0.5, 0.6) is 0 Å². The van der Waals surface area contributed by atoms with Crippen LogP contribution in [-0.4, -0.2) is 20.5 Å². The molecule has 19 heavy (non-hydrogen) atoms. The first-order chi connectivity index (χ1) is 9.11. The number of halogens is 1. The van der Waals surface area contributed by atoms with Gasteiger partial charge in [0.05, 0.1) is 33.0 Å². The third-order valence-corrected chi connectivity index (χ3v) is 3.72. The SMILES string of the molecule is Cc1cc2ncc(NC(=O)c3ccc(Cl)s3)cn2n1. The number of nitrogens with one attached hydrogen (secondary N) is 1. The van der Waals surface area contributed by atoms with Crippen molar-refractivity contribution in [1.82, 2.24) is 14.6 Å². The first-order valence-electron chi connectivity index (χ1n) is 5.50. The Morgan fingerprint density at radius 1 is 1.47 bits per heavy atom. The van der Waals surface area contributed by atoms with E-state index in [9.17, 15) is 4.79 Å². The minimum Gasteiger partial charge on any atom is -0.319 e. The molecule has 0 saturated heterocycles. The summed E-state index contributed by atoms with van der Waals surface area (Å²) >= 11 is 7.03. The molecule has 0 unspecified atom stereocenters. The quantitative estimate of drug-likeness (QED) is 0.790. The maximum absolute atomic E-state index is 12.0. The van der Waals surface area contributed by atoms with Gasteiger partial charge < -0.3 is 5.32 Å². The molecule has 0 aromatic carbocycles. The second-order valence-electron chi connectivity index (χ2n) is 3.99. The van der Waals surface area contributed by atoms with Crippen LogP contribution in [0.2, 0.25) is 4.34 Å². The van der Waals surface area contributed by atoms with Crippen molar-refractivity contribution >= 4 is 40.2 Å². The van der Waals surface area contributed by atoms with Gasteiger partial charge in [-0.05, 0) is 19.1 Å². The minimum absolute atomic E-state index is 0.207. The first-order valence-corrected chi connectivity index (χ1v) is 6.70. The van der Waals surface area contributed by atoms with Crippen LogP contribution in [0.3, 0.4) is 0 Å². The Balaban J connectivity index is 1.86. The van der Waals surface area contributed by atoms with E-state index in [1.807, 2.05) is 13.0 Å². The maximum atomic E-state index is 12.0. The number of amides is 1. The van der Waals surface area contributed by atoms with E-state index in [1.165, 1.54) is 11.3 Å². The fraction of sp³-hybridized carbons (Fsp3) is 0.0833. The van der Waals surface area contributed by atoms with E-state index < -0.39 is 0 Å². The fourth-order valence-electron chi connectivity index (χ4n) is 1.69. The van der Waals surface area contributed by atoms with Crippen molar-refractivity contribution in [3.63, 3.8) is 0 Å². The summed E-state index contributed by atoms with van der Waals surface area (Å²) in [6, 6.07) is 5.25. The molecule has 7 heteroatoms. The van der Waals surface area contributed by atoms with Crippen molar-refractivity contribution in [1.29, 1.82) is 0 Å². The molecule has 0 fully saturated rings. The molecule has 0 bridgehead atoms. The number of aromatic nitrogens is 3. The zero-order chi connectivity index (χ0) is 13.4. The topological polar surface area (TPSA) is 59.3 Å². The molecule has 1 N–H and O–H groups in total. The van der Waals surface area contributed by atoms with Gasteiger partial charge in [-0.15, -0.1) is 11.3 Å². The Bertz CT molecular complexity index is 764. The molecule has 0 radical (unpaired) electrons. The van der Waals surface area contributed by atoms with E-state index in [0.717, 1.165) is 11.3 Å². The third kappa shape index (κ3) is 2.45. The standard InChI is InChI=1S/C12H9ClN4OS/c1-7-4-11-14-5-8(6-17(11)16-7)15-12(18)9-2-3-10(13)19-9/h2-6H,1H3,(H,15,18). The number of rotatable bonds is 2. The van der Waals surface area contributed by atoms with Crippen molar-refractivity contribution in [2.45, 2.75) is 6.92 Å². The molecule has 0 aliphatic rings. The van der Waals surface area contributed by atoms with Crippen molar-refractivity contribution in [2.75, 3.05) is 5.32 Å². The highest BCUT2D eigenvalue weighted by atomic mass is 35.5. The molecule has 5 nitrogen and oxygen atoms in total. The average molecular weight is 293 g/mol. The predicted molar refractivity (Wildman–Crippen MR) is 75.0 cm³/mol. The van der Waals surface area contributed by atoms with Crippen LogP contribution in [0.15, 0.2) is 30.6 Å². The van der Waals surface area contributed by atoms with Crippen molar-refractivity contribution in [2.24, 2.45) is 0 Å². The Hall–Kier alpha value is -1.92. The normalized spacial score (nSPS) is 10.8. The number of carbonyl (C=O) groups excluding carboxylic acids is 1. The van der Waals surface area contributed by atoms with Gasteiger partial charge in [0.25, 0.3) is 5.91 Å². The van der Waals surface area contributed by atoms with E-state index in [0.29, 0.717) is 14.9 Å². The smallest absolute Gasteiger partial charge is 0.265 e. The van der Waals surface area contributed by atoms with Gasteiger partial charge in [0.15, 0.2) is 5.65 Å². The van der Waals surface area contributed by atoms with Crippen LogP contribution in [0.1, 0.15) is 15.4 Å². The van der Waals surface area contributed by atoms with Gasteiger partial charge >= 0.3 is 0 Å². The summed E-state index contributed by atoms with van der Waals surface area (Å²) in [6.45, 7) is 1.89. The summed E-state index contributed by atoms with van der Waals surface area (Å²) in [4.78, 5) is 16.7. The van der Waals surface area contributed by atoms with E-state index in [-0.39, 0.29) is 5.91 Å². The lowest BCUT2D eigenvalue weighted by Gasteiger charge is -2.03. The number of carbonyl (C=O) groups is 1. The summed E-state index contributed by atoms with van der Waals surface area (Å²) in [5.41, 5.74) is 2.21. The molecule has 3 aromatic heterocycles. The summed E-state index contributed by atoms with van der Waals surface area (Å²) < 4.78 is 2.22. The second kappa shape index (κ2) is 4.64. The van der Waals surface area contributed by atoms with Gasteiger partial charge in [-0.2, -0.15) is 5.10 Å². The molecule has 3 aromatic rings. The third-order valence-electron chi connectivity index (χ3n) is 2.49. The van der Waals surface area contributed by atoms with E-state index in [4.69, 9.17) is 11.6 Å². The van der Waals surface area contributed by atoms with E-state index >= 15 is 0 Å². The number of hydrogen-bond acceptors (Lipinski definition) is 4. The number of fused-ring (bicyclic) bond motifs is 1. The van der Waals surface area contributed by atoms with Crippen LogP contribution in [0.25, 0.3) is 5.65 Å². The largest absolute Gasteiger partial charge is 0.319 e. The van der Waals surface area contributed by atoms with Crippen LogP contribution in [0.4, 0.5) is 5.69 Å². The number of nitrogens with zero attached hydrogens (tertiary/aromatic N) is 3. The highest BCUT2D eigenvalue weighted by Gasteiger charge is 2.10. The molecule has 0 aliphatic heterocycles. The summed E-state index contributed by atoms with van der Waals surface area (Å²) in [5, 5.41) is 7.00. The van der Waals surface area contributed by atoms with Gasteiger partial charge in [0.2, 0.25) is 0 Å². The van der Waals surface area contributed by atoms with Gasteiger partial charge in [-0.1, -0.05) is 11.6 Å². The number of thiophene rings is 1. The molecule has 0 aliphatic carbocycles. The lowest BCUT2D eigenvalue weighted by Crippen LogP contribution is -2.11. The molecular formula is C12H9ClN4OS. The van der Waals surface area contributed by atoms with E-state index in [1.54, 1.807) is 29.0 Å². The minimum atomic E-state index is -0.207. The average Bonchev–Trinajstić information content (AvgIpc) is 2.93. The summed E-state index contributed by atoms with van der Waals surface area (Å²) in [6.07, 6.45) is 3.33. The van der Waals surface area contributed by atoms with Crippen LogP contribution < -0.4 is 5.32 Å². The molecule has 0 atom stereocenters. The Kier molecular flexibility index (Phi) is 2.96. The Morgan fingerprint density at radius 2 is 2.32 bits per heavy atom. The highest BCUT2D eigenvalue weighted by molar-refractivity contribution is 7.18. The highest BCUT2D eigenvalue weighted by Crippen LogP contribution is 2.22. The summed E-state index contributed by atoms with van der Waals surface area (Å²) in [5.74, 6) is -0.207. The second-order valence-corrected chi connectivity index (χ2v) is 5.70. The van der Waals surface area contributed by atoms with Gasteiger partial charge in [0, 0.05) is 6.07 Å². The van der Waals surface area contributed by atoms with Crippen LogP contribution in [-0.2, 0) is 0 Å². The Labute approximate surface area is 117 Å². The van der Waals surface area contributed by atoms with Crippen LogP contribution >= 0.6 is 22.9 Å². The lowest BCUT2D eigenvalue weighted by molar-refractivity contribution is 0.103. The summed E-state index contributed by atoms with van der Waals surface area (Å²) in [7, 11) is 0. The number of anilines is 1. The zero-order valence-corrected chi connectivity index (χ0v) is 11.5. The fourth-order valence-corrected chi connectivity index (χ4v) is 2.63. The Morgan fingerprint density at radius 3 is 3.05 bits per heavy atom. The van der Waals surface area contributed by atoms with Crippen molar-refractivity contribution in [3.8, 4) is 0 Å². The number of hydrogen-bond donors (Lipinski definition) is 1. The van der Waals surface area contributed by atoms with Gasteiger partial charge in [-0.25, -0.2) is 9.50 Å². The first kappa shape index (κ1) is 12.1. The van der Waals surface area contributed by atoms with Gasteiger partial charge in [-0.3, -0.25) is 4.79 Å². The maximum Gasteiger partial charge on any atom is 0.265 e. The van der Waals surface area contributed by atoms with E-state index in [2.05, 4.69) is 15.4 Å². The van der Waals surface area contributed by atoms with Crippen LogP contribution in [0, 0.1) is 6.92 Å². The molecule has 3 heterocycles. The van der Waals surface area contributed by atoms with Crippen molar-refractivity contribution in [3.05, 3.63) is 45.5 Å². The van der Waals surface area contributed by atoms with Gasteiger partial charge in [0.1, 0.15) is 0 Å². The molecule has 0 saturated carbocycles. The molecule has 0 spiro atoms. The molecule has 3 rings (SSSR count). The molecule has 96 valence electrons. The van der Waals surface area contributed by atoms with Crippen molar-refractivity contribution < 1.29 is 4.79 Å². The lowest BCUT2D eigenvalue weighted by atomic mass is 10.4. The monoisotopic (exact) mass is 292 g/mol.